The lowest BCUT2D eigenvalue weighted by atomic mass is 10.3. The molecular formula is C8H16INO3. The van der Waals surface area contributed by atoms with Crippen molar-refractivity contribution in [3.05, 3.63) is 0 Å². The summed E-state index contributed by atoms with van der Waals surface area (Å²) in [5.74, 6) is 0. The summed E-state index contributed by atoms with van der Waals surface area (Å²) in [7, 11) is 0. The quantitative estimate of drug-likeness (QED) is 0.442. The fraction of sp³-hybridized carbons (Fsp3) is 0.875. The van der Waals surface area contributed by atoms with Gasteiger partial charge in [-0.2, -0.15) is 0 Å². The van der Waals surface area contributed by atoms with Crippen LogP contribution in [-0.4, -0.2) is 29.8 Å². The van der Waals surface area contributed by atoms with Crippen LogP contribution in [0.15, 0.2) is 0 Å². The summed E-state index contributed by atoms with van der Waals surface area (Å²) in [6.45, 7) is 3.25. The topological polar surface area (TPSA) is 61.6 Å². The van der Waals surface area contributed by atoms with Crippen LogP contribution in [0.5, 0.6) is 0 Å². The van der Waals surface area contributed by atoms with E-state index in [2.05, 4.69) is 29.5 Å². The highest BCUT2D eigenvalue weighted by Crippen LogP contribution is 2.00. The minimum atomic E-state index is -0.735. The molecule has 0 aromatic carbocycles. The van der Waals surface area contributed by atoms with Gasteiger partial charge in [0.05, 0.1) is 6.61 Å². The average molecular weight is 301 g/mol. The molecule has 0 unspecified atom stereocenters. The Morgan fingerprint density at radius 3 is 2.77 bits per heavy atom. The number of hydrogen-bond acceptors (Lipinski definition) is 3. The molecule has 0 aliphatic carbocycles. The molecule has 5 heteroatoms. The van der Waals surface area contributed by atoms with Gasteiger partial charge in [0.2, 0.25) is 0 Å². The summed E-state index contributed by atoms with van der Waals surface area (Å²) >= 11 is 2.13. The van der Waals surface area contributed by atoms with Crippen molar-refractivity contribution in [1.82, 2.24) is 0 Å². The summed E-state index contributed by atoms with van der Waals surface area (Å²) < 4.78 is 10.8. The van der Waals surface area contributed by atoms with Gasteiger partial charge in [-0.3, -0.25) is 0 Å². The Morgan fingerprint density at radius 2 is 2.31 bits per heavy atom. The van der Waals surface area contributed by atoms with Gasteiger partial charge in [0.25, 0.3) is 0 Å². The molecule has 4 nitrogen and oxygen atoms in total. The largest absolute Gasteiger partial charge is 0.443 e. The van der Waals surface area contributed by atoms with Crippen LogP contribution in [0.25, 0.3) is 0 Å². The molecule has 0 aromatic heterocycles. The van der Waals surface area contributed by atoms with Crippen LogP contribution in [0, 0.1) is 0 Å². The Balaban J connectivity index is 3.42. The third-order valence-corrected chi connectivity index (χ3v) is 2.38. The molecule has 0 bridgehead atoms. The van der Waals surface area contributed by atoms with E-state index in [-0.39, 0.29) is 6.10 Å². The number of carbonyl (C=O) groups excluding carboxylic acids is 1. The molecular weight excluding hydrogens is 285 g/mol. The van der Waals surface area contributed by atoms with Gasteiger partial charge in [0, 0.05) is 11.0 Å². The Kier molecular flexibility index (Phi) is 8.53. The zero-order valence-electron chi connectivity index (χ0n) is 7.79. The van der Waals surface area contributed by atoms with Crippen molar-refractivity contribution in [2.45, 2.75) is 25.9 Å². The highest BCUT2D eigenvalue weighted by atomic mass is 127. The first kappa shape index (κ1) is 13.0. The number of hydrogen-bond donors (Lipinski definition) is 1. The van der Waals surface area contributed by atoms with Crippen molar-refractivity contribution in [2.75, 3.05) is 17.6 Å². The zero-order chi connectivity index (χ0) is 10.1. The number of carbonyl (C=O) groups is 1. The fourth-order valence-corrected chi connectivity index (χ4v) is 1.17. The van der Waals surface area contributed by atoms with Gasteiger partial charge in [-0.15, -0.1) is 0 Å². The third kappa shape index (κ3) is 8.29. The first-order valence-corrected chi connectivity index (χ1v) is 5.83. The summed E-state index contributed by atoms with van der Waals surface area (Å²) in [6.07, 6.45) is 1.19. The van der Waals surface area contributed by atoms with Crippen molar-refractivity contribution in [1.29, 1.82) is 0 Å². The first-order chi connectivity index (χ1) is 6.20. The minimum Gasteiger partial charge on any atom is -0.443 e. The molecule has 0 heterocycles. The summed E-state index contributed by atoms with van der Waals surface area (Å²) in [5, 5.41) is 0. The summed E-state index contributed by atoms with van der Waals surface area (Å²) in [6, 6.07) is 0. The Hall–Kier alpha value is -0.0400. The highest BCUT2D eigenvalue weighted by Gasteiger charge is 2.10. The summed E-state index contributed by atoms with van der Waals surface area (Å²) in [5.41, 5.74) is 4.88. The zero-order valence-corrected chi connectivity index (χ0v) is 9.95. The lowest BCUT2D eigenvalue weighted by Gasteiger charge is -2.13. The molecule has 13 heavy (non-hydrogen) atoms. The van der Waals surface area contributed by atoms with E-state index in [1.807, 2.05) is 0 Å². The lowest BCUT2D eigenvalue weighted by Crippen LogP contribution is -2.28. The third-order valence-electron chi connectivity index (χ3n) is 1.40. The van der Waals surface area contributed by atoms with Gasteiger partial charge in [0.1, 0.15) is 6.10 Å². The second-order valence-electron chi connectivity index (χ2n) is 2.64. The van der Waals surface area contributed by atoms with E-state index in [0.717, 1.165) is 12.8 Å². The van der Waals surface area contributed by atoms with E-state index in [4.69, 9.17) is 15.2 Å². The number of ether oxygens (including phenoxy) is 2. The minimum absolute atomic E-state index is 0.213. The van der Waals surface area contributed by atoms with E-state index >= 15 is 0 Å². The Labute approximate surface area is 92.3 Å². The Bertz CT molecular complexity index is 143. The van der Waals surface area contributed by atoms with Crippen molar-refractivity contribution >= 4 is 28.7 Å². The second-order valence-corrected chi connectivity index (χ2v) is 3.52. The predicted molar refractivity (Wildman–Crippen MR) is 59.1 cm³/mol. The molecule has 0 spiro atoms. The maximum atomic E-state index is 10.4. The molecule has 0 aromatic rings. The van der Waals surface area contributed by atoms with Gasteiger partial charge in [-0.05, 0) is 6.42 Å². The molecule has 1 atom stereocenters. The van der Waals surface area contributed by atoms with E-state index < -0.39 is 6.09 Å². The lowest BCUT2D eigenvalue weighted by molar-refractivity contribution is 0.0346. The van der Waals surface area contributed by atoms with Crippen LogP contribution in [0.4, 0.5) is 4.79 Å². The first-order valence-electron chi connectivity index (χ1n) is 4.30. The number of halogens is 1. The van der Waals surface area contributed by atoms with Gasteiger partial charge < -0.3 is 15.2 Å². The molecule has 0 saturated heterocycles. The monoisotopic (exact) mass is 301 g/mol. The van der Waals surface area contributed by atoms with Crippen LogP contribution >= 0.6 is 22.6 Å². The number of amides is 1. The van der Waals surface area contributed by atoms with Crippen molar-refractivity contribution < 1.29 is 14.3 Å². The van der Waals surface area contributed by atoms with Crippen LogP contribution in [-0.2, 0) is 9.47 Å². The molecule has 2 N–H and O–H groups in total. The smallest absolute Gasteiger partial charge is 0.404 e. The number of unbranched alkanes of at least 4 members (excludes halogenated alkanes) is 1. The molecule has 0 radical (unpaired) electrons. The predicted octanol–water partition coefficient (Wildman–Crippen LogP) is 1.70. The second kappa shape index (κ2) is 8.55. The van der Waals surface area contributed by atoms with Crippen molar-refractivity contribution in [3.63, 3.8) is 0 Å². The van der Waals surface area contributed by atoms with Gasteiger partial charge >= 0.3 is 6.09 Å². The van der Waals surface area contributed by atoms with Crippen molar-refractivity contribution in [3.8, 4) is 0 Å². The van der Waals surface area contributed by atoms with Crippen LogP contribution in [0.3, 0.4) is 0 Å². The number of nitrogens with two attached hydrogens (primary N) is 1. The number of primary amides is 1. The van der Waals surface area contributed by atoms with Crippen molar-refractivity contribution in [2.24, 2.45) is 5.73 Å². The molecule has 0 saturated carbocycles. The van der Waals surface area contributed by atoms with E-state index in [9.17, 15) is 4.79 Å². The molecule has 0 aliphatic heterocycles. The highest BCUT2D eigenvalue weighted by molar-refractivity contribution is 14.1. The maximum absolute atomic E-state index is 10.4. The summed E-state index contributed by atoms with van der Waals surface area (Å²) in [4.78, 5) is 10.4. The normalized spacial score (nSPS) is 12.5. The average Bonchev–Trinajstić information content (AvgIpc) is 2.09. The molecule has 78 valence electrons. The fourth-order valence-electron chi connectivity index (χ4n) is 0.736. The van der Waals surface area contributed by atoms with Crippen LogP contribution in [0.2, 0.25) is 0 Å². The van der Waals surface area contributed by atoms with Gasteiger partial charge in [-0.1, -0.05) is 35.9 Å². The number of rotatable bonds is 7. The number of alkyl halides is 1. The molecule has 0 fully saturated rings. The molecule has 0 rings (SSSR count). The maximum Gasteiger partial charge on any atom is 0.404 e. The molecule has 0 aliphatic rings. The molecule has 1 amide bonds. The SMILES string of the molecule is CCCCOC[C@@H](CI)OC(N)=O. The standard InChI is InChI=1S/C8H16INO3/c1-2-3-4-12-6-7(5-9)13-8(10)11/h7H,2-6H2,1H3,(H2,10,11)/t7-/m1/s1. The van der Waals surface area contributed by atoms with Gasteiger partial charge in [0.15, 0.2) is 0 Å². The van der Waals surface area contributed by atoms with E-state index in [1.165, 1.54) is 0 Å². The van der Waals surface area contributed by atoms with Crippen LogP contribution < -0.4 is 5.73 Å². The van der Waals surface area contributed by atoms with Crippen LogP contribution in [0.1, 0.15) is 19.8 Å². The van der Waals surface area contributed by atoms with E-state index in [1.54, 1.807) is 0 Å². The van der Waals surface area contributed by atoms with Gasteiger partial charge in [-0.25, -0.2) is 4.79 Å². The Morgan fingerprint density at radius 1 is 1.62 bits per heavy atom. The van der Waals surface area contributed by atoms with E-state index in [0.29, 0.717) is 17.6 Å².